The van der Waals surface area contributed by atoms with Crippen LogP contribution in [-0.4, -0.2) is 0 Å². The molecule has 0 unspecified atom stereocenters. The Morgan fingerprint density at radius 2 is 1.29 bits per heavy atom. The number of nitrogens with zero attached hydrogens (tertiary/aromatic N) is 1. The van der Waals surface area contributed by atoms with Crippen molar-refractivity contribution >= 4 is 9.12 Å². The van der Waals surface area contributed by atoms with Crippen LogP contribution in [0.2, 0.25) is 0 Å². The molecule has 3 heteroatoms. The average molecular weight is 251 g/mol. The maximum absolute atomic E-state index is 8.06. The molecule has 0 saturated carbocycles. The molecule has 1 aromatic rings. The van der Waals surface area contributed by atoms with E-state index >= 15 is 0 Å². The van der Waals surface area contributed by atoms with E-state index in [0.717, 1.165) is 0 Å². The van der Waals surface area contributed by atoms with Gasteiger partial charge in [-0.25, -0.2) is 0 Å². The topological polar surface area (TPSA) is 40.9 Å². The molecule has 17 heavy (non-hydrogen) atoms. The summed E-state index contributed by atoms with van der Waals surface area (Å²) in [6.45, 7) is 12.8. The smallest absolute Gasteiger partial charge is 0.138 e. The first-order valence-corrected chi connectivity index (χ1v) is 5.97. The van der Waals surface area contributed by atoms with Crippen LogP contribution in [0.1, 0.15) is 41.2 Å². The fourth-order valence-electron chi connectivity index (χ4n) is 1.41. The zero-order valence-electron chi connectivity index (χ0n) is 11.6. The van der Waals surface area contributed by atoms with E-state index in [1.54, 1.807) is 9.12 Å². The molecule has 1 rings (SSSR count). The van der Waals surface area contributed by atoms with Crippen molar-refractivity contribution in [1.29, 1.82) is 5.26 Å². The SMILES string of the molecule is CCC#N.Cc1cc(C)c(C)c(C)c1C.O=P. The van der Waals surface area contributed by atoms with Crippen LogP contribution >= 0.6 is 9.12 Å². The Hall–Kier alpha value is -1.19. The van der Waals surface area contributed by atoms with Crippen molar-refractivity contribution < 1.29 is 4.57 Å². The second kappa shape index (κ2) is 10.00. The molecule has 2 nitrogen and oxygen atoms in total. The molecule has 0 amide bonds. The molecule has 0 fully saturated rings. The average Bonchev–Trinajstić information content (AvgIpc) is 2.36. The molecule has 0 aromatic heterocycles. The van der Waals surface area contributed by atoms with Gasteiger partial charge in [-0.3, -0.25) is 4.57 Å². The largest absolute Gasteiger partial charge is 0.279 e. The van der Waals surface area contributed by atoms with Crippen molar-refractivity contribution in [3.05, 3.63) is 33.9 Å². The van der Waals surface area contributed by atoms with Crippen LogP contribution in [0.15, 0.2) is 6.07 Å². The monoisotopic (exact) mass is 251 g/mol. The Kier molecular flexibility index (Phi) is 10.7. The quantitative estimate of drug-likeness (QED) is 0.631. The highest BCUT2D eigenvalue weighted by Crippen LogP contribution is 2.19. The van der Waals surface area contributed by atoms with Crippen molar-refractivity contribution in [2.24, 2.45) is 0 Å². The second-order valence-corrected chi connectivity index (χ2v) is 3.90. The molecule has 0 aliphatic carbocycles. The van der Waals surface area contributed by atoms with Gasteiger partial charge >= 0.3 is 0 Å². The van der Waals surface area contributed by atoms with E-state index < -0.39 is 0 Å². The van der Waals surface area contributed by atoms with Crippen LogP contribution in [0, 0.1) is 45.9 Å². The molecule has 0 N–H and O–H groups in total. The van der Waals surface area contributed by atoms with Crippen LogP contribution < -0.4 is 0 Å². The third kappa shape index (κ3) is 6.19. The first-order valence-electron chi connectivity index (χ1n) is 5.57. The number of nitriles is 1. The number of rotatable bonds is 0. The number of hydrogen-bond donors (Lipinski definition) is 0. The van der Waals surface area contributed by atoms with Gasteiger partial charge in [0, 0.05) is 6.42 Å². The van der Waals surface area contributed by atoms with Gasteiger partial charge < -0.3 is 0 Å². The Morgan fingerprint density at radius 1 is 1.00 bits per heavy atom. The summed E-state index contributed by atoms with van der Waals surface area (Å²) in [6, 6.07) is 4.19. The highest BCUT2D eigenvalue weighted by molar-refractivity contribution is 7.00. The standard InChI is InChI=1S/C11H16.C3H5N.HOP/c1-7-6-8(2)10(4)11(5)9(7)3;1-2-3-4;1-2/h6H,1-5H3;2H2,1H3;2H. The van der Waals surface area contributed by atoms with Gasteiger partial charge in [-0.05, 0) is 62.4 Å². The van der Waals surface area contributed by atoms with Gasteiger partial charge in [0.05, 0.1) is 6.07 Å². The molecule has 0 saturated heterocycles. The van der Waals surface area contributed by atoms with E-state index in [0.29, 0.717) is 6.42 Å². The third-order valence-corrected chi connectivity index (χ3v) is 2.90. The zero-order chi connectivity index (χ0) is 14.0. The number of benzene rings is 1. The van der Waals surface area contributed by atoms with Crippen molar-refractivity contribution in [3.63, 3.8) is 0 Å². The summed E-state index contributed by atoms with van der Waals surface area (Å²) in [5.41, 5.74) is 7.14. The molecule has 0 aliphatic rings. The summed E-state index contributed by atoms with van der Waals surface area (Å²) in [6.07, 6.45) is 0.625. The minimum absolute atomic E-state index is 0.625. The lowest BCUT2D eigenvalue weighted by molar-refractivity contribution is 0.607. The lowest BCUT2D eigenvalue weighted by Gasteiger charge is -2.10. The fraction of sp³-hybridized carbons (Fsp3) is 0.500. The predicted octanol–water partition coefficient (Wildman–Crippen LogP) is 4.62. The number of hydrogen-bond acceptors (Lipinski definition) is 2. The Morgan fingerprint density at radius 3 is 1.53 bits per heavy atom. The van der Waals surface area contributed by atoms with Gasteiger partial charge in [-0.1, -0.05) is 13.0 Å². The minimum atomic E-state index is 0.625. The summed E-state index contributed by atoms with van der Waals surface area (Å²) in [4.78, 5) is 0. The van der Waals surface area contributed by atoms with Crippen LogP contribution in [0.5, 0.6) is 0 Å². The molecule has 0 bridgehead atoms. The third-order valence-electron chi connectivity index (χ3n) is 2.90. The summed E-state index contributed by atoms with van der Waals surface area (Å²) in [7, 11) is 1.72. The van der Waals surface area contributed by atoms with Crippen LogP contribution in [-0.2, 0) is 4.57 Å². The van der Waals surface area contributed by atoms with Gasteiger partial charge in [0.25, 0.3) is 0 Å². The Balaban J connectivity index is 0. The highest BCUT2D eigenvalue weighted by Gasteiger charge is 2.02. The normalized spacial score (nSPS) is 8.06. The van der Waals surface area contributed by atoms with E-state index in [1.165, 1.54) is 27.8 Å². The summed E-state index contributed by atoms with van der Waals surface area (Å²) in [5.74, 6) is 0. The Bertz CT molecular complexity index is 368. The van der Waals surface area contributed by atoms with Crippen molar-refractivity contribution in [2.75, 3.05) is 0 Å². The van der Waals surface area contributed by atoms with E-state index in [9.17, 15) is 0 Å². The summed E-state index contributed by atoms with van der Waals surface area (Å²) in [5, 5.41) is 7.62. The highest BCUT2D eigenvalue weighted by atomic mass is 31.0. The maximum atomic E-state index is 8.06. The van der Waals surface area contributed by atoms with Gasteiger partial charge in [-0.2, -0.15) is 5.26 Å². The van der Waals surface area contributed by atoms with Crippen molar-refractivity contribution in [3.8, 4) is 6.07 Å². The molecule has 0 heterocycles. The summed E-state index contributed by atoms with van der Waals surface area (Å²) < 4.78 is 8.06. The predicted molar refractivity (Wildman–Crippen MR) is 75.0 cm³/mol. The molecule has 94 valence electrons. The molecule has 0 radical (unpaired) electrons. The molecule has 0 aliphatic heterocycles. The molecule has 0 spiro atoms. The van der Waals surface area contributed by atoms with Crippen LogP contribution in [0.25, 0.3) is 0 Å². The van der Waals surface area contributed by atoms with E-state index in [2.05, 4.69) is 40.7 Å². The van der Waals surface area contributed by atoms with E-state index in [1.807, 2.05) is 13.0 Å². The van der Waals surface area contributed by atoms with Gasteiger partial charge in [0.2, 0.25) is 0 Å². The Labute approximate surface area is 107 Å². The molecule has 0 atom stereocenters. The zero-order valence-corrected chi connectivity index (χ0v) is 12.6. The van der Waals surface area contributed by atoms with Gasteiger partial charge in [-0.15, -0.1) is 0 Å². The lowest BCUT2D eigenvalue weighted by atomic mass is 9.96. The molecular weight excluding hydrogens is 229 g/mol. The fourth-order valence-corrected chi connectivity index (χ4v) is 1.41. The second-order valence-electron chi connectivity index (χ2n) is 3.90. The minimum Gasteiger partial charge on any atom is -0.279 e. The maximum Gasteiger partial charge on any atom is 0.138 e. The molecule has 1 aromatic carbocycles. The summed E-state index contributed by atoms with van der Waals surface area (Å²) >= 11 is 0. The van der Waals surface area contributed by atoms with Crippen LogP contribution in [0.3, 0.4) is 0 Å². The van der Waals surface area contributed by atoms with E-state index in [4.69, 9.17) is 9.83 Å². The first kappa shape index (κ1) is 18.2. The van der Waals surface area contributed by atoms with Crippen molar-refractivity contribution in [1.82, 2.24) is 0 Å². The van der Waals surface area contributed by atoms with Crippen molar-refractivity contribution in [2.45, 2.75) is 48.0 Å². The lowest BCUT2D eigenvalue weighted by Crippen LogP contribution is -1.93. The first-order chi connectivity index (χ1) is 7.95. The van der Waals surface area contributed by atoms with Gasteiger partial charge in [0.15, 0.2) is 0 Å². The molecular formula is C14H22NOP. The van der Waals surface area contributed by atoms with E-state index in [-0.39, 0.29) is 0 Å². The van der Waals surface area contributed by atoms with Crippen LogP contribution in [0.4, 0.5) is 0 Å². The number of aryl methyl sites for hydroxylation is 2. The van der Waals surface area contributed by atoms with Gasteiger partial charge in [0.1, 0.15) is 9.12 Å².